The van der Waals surface area contributed by atoms with E-state index in [1.54, 1.807) is 6.07 Å². The first-order valence-corrected chi connectivity index (χ1v) is 9.93. The maximum atomic E-state index is 12.2. The van der Waals surface area contributed by atoms with Crippen LogP contribution >= 0.6 is 23.6 Å². The van der Waals surface area contributed by atoms with E-state index in [1.807, 2.05) is 61.7 Å². The molecular formula is C21H17N3O2S2. The third-order valence-corrected chi connectivity index (χ3v) is 5.40. The smallest absolute Gasteiger partial charge is 0.267 e. The zero-order valence-corrected chi connectivity index (χ0v) is 16.9. The maximum Gasteiger partial charge on any atom is 0.267 e. The highest BCUT2D eigenvalue weighted by Crippen LogP contribution is 2.30. The summed E-state index contributed by atoms with van der Waals surface area (Å²) in [7, 11) is 0. The van der Waals surface area contributed by atoms with E-state index in [1.165, 1.54) is 11.3 Å². The Hall–Kier alpha value is -3.03. The molecule has 0 atom stereocenters. The summed E-state index contributed by atoms with van der Waals surface area (Å²) in [5.74, 6) is 0.325. The molecular weight excluding hydrogens is 390 g/mol. The van der Waals surface area contributed by atoms with Crippen LogP contribution in [0.1, 0.15) is 20.8 Å². The van der Waals surface area contributed by atoms with Crippen molar-refractivity contribution in [3.05, 3.63) is 69.9 Å². The summed E-state index contributed by atoms with van der Waals surface area (Å²) in [6.45, 7) is 3.98. The SMILES string of the molecule is Cc1ccc2oc(-c3cccc(NC(=S)NC(=O)c4cccs4)c3C)nc2c1. The van der Waals surface area contributed by atoms with Gasteiger partial charge in [-0.25, -0.2) is 4.98 Å². The quantitative estimate of drug-likeness (QED) is 0.451. The Kier molecular flexibility index (Phi) is 4.93. The Morgan fingerprint density at radius 2 is 2.00 bits per heavy atom. The van der Waals surface area contributed by atoms with Crippen molar-refractivity contribution in [2.45, 2.75) is 13.8 Å². The lowest BCUT2D eigenvalue weighted by atomic mass is 10.1. The van der Waals surface area contributed by atoms with E-state index in [4.69, 9.17) is 16.6 Å². The lowest BCUT2D eigenvalue weighted by Crippen LogP contribution is -2.33. The second kappa shape index (κ2) is 7.53. The van der Waals surface area contributed by atoms with Crippen LogP contribution in [0.4, 0.5) is 5.69 Å². The van der Waals surface area contributed by atoms with E-state index >= 15 is 0 Å². The highest BCUT2D eigenvalue weighted by molar-refractivity contribution is 7.80. The third kappa shape index (κ3) is 3.67. The van der Waals surface area contributed by atoms with Crippen molar-refractivity contribution >= 4 is 51.4 Å². The maximum absolute atomic E-state index is 12.2. The van der Waals surface area contributed by atoms with Crippen molar-refractivity contribution < 1.29 is 9.21 Å². The molecule has 0 saturated heterocycles. The first-order chi connectivity index (χ1) is 13.5. The van der Waals surface area contributed by atoms with Gasteiger partial charge in [0.2, 0.25) is 5.89 Å². The van der Waals surface area contributed by atoms with Gasteiger partial charge in [-0.3, -0.25) is 10.1 Å². The van der Waals surface area contributed by atoms with Crippen LogP contribution in [-0.2, 0) is 0 Å². The van der Waals surface area contributed by atoms with Gasteiger partial charge in [0.25, 0.3) is 5.91 Å². The fraction of sp³-hybridized carbons (Fsp3) is 0.0952. The number of hydrogen-bond acceptors (Lipinski definition) is 5. The largest absolute Gasteiger partial charge is 0.436 e. The molecule has 7 heteroatoms. The number of nitrogens with one attached hydrogen (secondary N) is 2. The number of anilines is 1. The molecule has 0 aliphatic carbocycles. The molecule has 4 rings (SSSR count). The Bertz CT molecular complexity index is 1180. The topological polar surface area (TPSA) is 67.2 Å². The normalized spacial score (nSPS) is 10.8. The van der Waals surface area contributed by atoms with Crippen molar-refractivity contribution in [2.75, 3.05) is 5.32 Å². The first-order valence-electron chi connectivity index (χ1n) is 8.64. The molecule has 0 bridgehead atoms. The predicted molar refractivity (Wildman–Crippen MR) is 117 cm³/mol. The standard InChI is InChI=1S/C21H17N3O2S2/c1-12-8-9-17-16(11-12)22-20(26-17)14-5-3-6-15(13(14)2)23-21(27)24-19(25)18-7-4-10-28-18/h3-11H,1-2H3,(H2,23,24,25,27). The zero-order valence-electron chi connectivity index (χ0n) is 15.3. The Labute approximate surface area is 171 Å². The Balaban J connectivity index is 1.57. The molecule has 0 aliphatic rings. The van der Waals surface area contributed by atoms with Crippen LogP contribution < -0.4 is 10.6 Å². The molecule has 4 aromatic rings. The van der Waals surface area contributed by atoms with Gasteiger partial charge in [-0.15, -0.1) is 11.3 Å². The number of fused-ring (bicyclic) bond motifs is 1. The van der Waals surface area contributed by atoms with Crippen LogP contribution in [0.5, 0.6) is 0 Å². The number of amides is 1. The molecule has 0 radical (unpaired) electrons. The summed E-state index contributed by atoms with van der Waals surface area (Å²) in [5, 5.41) is 7.88. The number of nitrogens with zero attached hydrogens (tertiary/aromatic N) is 1. The van der Waals surface area contributed by atoms with Gasteiger partial charge in [-0.2, -0.15) is 0 Å². The van der Waals surface area contributed by atoms with Gasteiger partial charge in [-0.1, -0.05) is 18.2 Å². The van der Waals surface area contributed by atoms with Crippen LogP contribution in [-0.4, -0.2) is 16.0 Å². The molecule has 0 saturated carbocycles. The van der Waals surface area contributed by atoms with E-state index < -0.39 is 0 Å². The number of carbonyl (C=O) groups excluding carboxylic acids is 1. The second-order valence-electron chi connectivity index (χ2n) is 6.35. The third-order valence-electron chi connectivity index (χ3n) is 4.33. The summed E-state index contributed by atoms with van der Waals surface area (Å²) in [4.78, 5) is 17.4. The monoisotopic (exact) mass is 407 g/mol. The number of hydrogen-bond donors (Lipinski definition) is 2. The number of benzene rings is 2. The van der Waals surface area contributed by atoms with Gasteiger partial charge in [-0.05, 0) is 72.9 Å². The van der Waals surface area contributed by atoms with E-state index in [2.05, 4.69) is 15.6 Å². The molecule has 0 spiro atoms. The molecule has 2 heterocycles. The second-order valence-corrected chi connectivity index (χ2v) is 7.71. The summed E-state index contributed by atoms with van der Waals surface area (Å²) >= 11 is 6.66. The highest BCUT2D eigenvalue weighted by Gasteiger charge is 2.14. The molecule has 2 aromatic heterocycles. The number of oxazole rings is 1. The van der Waals surface area contributed by atoms with E-state index in [0.717, 1.165) is 33.5 Å². The fourth-order valence-electron chi connectivity index (χ4n) is 2.88. The summed E-state index contributed by atoms with van der Waals surface area (Å²) in [6, 6.07) is 15.2. The van der Waals surface area contributed by atoms with Crippen molar-refractivity contribution in [3.63, 3.8) is 0 Å². The Morgan fingerprint density at radius 1 is 1.14 bits per heavy atom. The van der Waals surface area contributed by atoms with Crippen LogP contribution in [0.25, 0.3) is 22.6 Å². The fourth-order valence-corrected chi connectivity index (χ4v) is 3.70. The Morgan fingerprint density at radius 3 is 2.79 bits per heavy atom. The number of rotatable bonds is 3. The van der Waals surface area contributed by atoms with Crippen molar-refractivity contribution in [1.82, 2.24) is 10.3 Å². The number of thiophene rings is 1. The van der Waals surface area contributed by atoms with Crippen molar-refractivity contribution in [2.24, 2.45) is 0 Å². The molecule has 0 fully saturated rings. The first kappa shape index (κ1) is 18.3. The van der Waals surface area contributed by atoms with Gasteiger partial charge in [0.1, 0.15) is 5.52 Å². The van der Waals surface area contributed by atoms with E-state index in [0.29, 0.717) is 10.8 Å². The number of aryl methyl sites for hydroxylation is 1. The average molecular weight is 408 g/mol. The molecule has 0 unspecified atom stereocenters. The number of thiocarbonyl (C=S) groups is 1. The summed E-state index contributed by atoms with van der Waals surface area (Å²) in [5.41, 5.74) is 5.28. The molecule has 2 N–H and O–H groups in total. The summed E-state index contributed by atoms with van der Waals surface area (Å²) < 4.78 is 5.92. The van der Waals surface area contributed by atoms with Crippen LogP contribution in [0.2, 0.25) is 0 Å². The lowest BCUT2D eigenvalue weighted by molar-refractivity contribution is 0.0981. The lowest BCUT2D eigenvalue weighted by Gasteiger charge is -2.13. The van der Waals surface area contributed by atoms with Gasteiger partial charge < -0.3 is 9.73 Å². The number of aromatic nitrogens is 1. The average Bonchev–Trinajstić information content (AvgIpc) is 3.32. The van der Waals surface area contributed by atoms with Gasteiger partial charge >= 0.3 is 0 Å². The molecule has 0 aliphatic heterocycles. The minimum absolute atomic E-state index is 0.226. The molecule has 1 amide bonds. The van der Waals surface area contributed by atoms with E-state index in [-0.39, 0.29) is 11.0 Å². The van der Waals surface area contributed by atoms with E-state index in [9.17, 15) is 4.79 Å². The van der Waals surface area contributed by atoms with Gasteiger partial charge in [0.05, 0.1) is 4.88 Å². The minimum Gasteiger partial charge on any atom is -0.436 e. The minimum atomic E-state index is -0.226. The highest BCUT2D eigenvalue weighted by atomic mass is 32.1. The molecule has 2 aromatic carbocycles. The molecule has 5 nitrogen and oxygen atoms in total. The summed E-state index contributed by atoms with van der Waals surface area (Å²) in [6.07, 6.45) is 0. The zero-order chi connectivity index (χ0) is 19.7. The predicted octanol–water partition coefficient (Wildman–Crippen LogP) is 5.30. The van der Waals surface area contributed by atoms with Crippen LogP contribution in [0, 0.1) is 13.8 Å². The number of carbonyl (C=O) groups is 1. The van der Waals surface area contributed by atoms with Crippen molar-refractivity contribution in [3.8, 4) is 11.5 Å². The van der Waals surface area contributed by atoms with Gasteiger partial charge in [0.15, 0.2) is 10.7 Å². The van der Waals surface area contributed by atoms with Crippen molar-refractivity contribution in [1.29, 1.82) is 0 Å². The molecule has 140 valence electrons. The van der Waals surface area contributed by atoms with Crippen LogP contribution in [0.3, 0.4) is 0 Å². The van der Waals surface area contributed by atoms with Gasteiger partial charge in [0, 0.05) is 11.3 Å². The van der Waals surface area contributed by atoms with Crippen LogP contribution in [0.15, 0.2) is 58.3 Å². The molecule has 28 heavy (non-hydrogen) atoms.